The van der Waals surface area contributed by atoms with Crippen molar-refractivity contribution in [1.82, 2.24) is 4.90 Å². The molecule has 0 spiro atoms. The van der Waals surface area contributed by atoms with Gasteiger partial charge >= 0.3 is 0 Å². The molecule has 1 N–H and O–H groups in total. The Hall–Kier alpha value is -0.480. The largest absolute Gasteiger partial charge is 0.392 e. The van der Waals surface area contributed by atoms with Crippen molar-refractivity contribution >= 4 is 0 Å². The first-order chi connectivity index (χ1) is 6.56. The topological polar surface area (TPSA) is 23.5 Å². The predicted molar refractivity (Wildman–Crippen MR) is 51.3 cm³/mol. The van der Waals surface area contributed by atoms with Crippen LogP contribution in [0.4, 0.5) is 8.78 Å². The van der Waals surface area contributed by atoms with Gasteiger partial charge in [-0.05, 0) is 5.92 Å². The quantitative estimate of drug-likeness (QED) is 0.703. The zero-order chi connectivity index (χ0) is 10.7. The molecule has 0 saturated carbocycles. The molecule has 4 heteroatoms. The first kappa shape index (κ1) is 11.6. The van der Waals surface area contributed by atoms with Crippen molar-refractivity contribution in [2.45, 2.75) is 19.5 Å². The number of halogens is 2. The van der Waals surface area contributed by atoms with Gasteiger partial charge in [-0.25, -0.2) is 8.78 Å². The van der Waals surface area contributed by atoms with Crippen molar-refractivity contribution in [1.29, 1.82) is 0 Å². The van der Waals surface area contributed by atoms with E-state index in [1.807, 2.05) is 4.90 Å². The van der Waals surface area contributed by atoms with E-state index in [9.17, 15) is 13.9 Å². The molecule has 1 rings (SSSR count). The summed E-state index contributed by atoms with van der Waals surface area (Å²) in [6.07, 6.45) is -1.62. The number of aliphatic hydroxyl groups is 1. The number of likely N-dealkylation sites (tertiary alicyclic amines) is 1. The van der Waals surface area contributed by atoms with Gasteiger partial charge in [0.1, 0.15) is 0 Å². The maximum absolute atomic E-state index is 12.5. The van der Waals surface area contributed by atoms with E-state index in [1.165, 1.54) is 0 Å². The van der Waals surface area contributed by atoms with E-state index < -0.39 is 18.4 Å². The number of nitrogens with zero attached hydrogens (tertiary/aromatic N) is 1. The third-order valence-corrected chi connectivity index (χ3v) is 2.75. The highest BCUT2D eigenvalue weighted by molar-refractivity contribution is 4.88. The minimum Gasteiger partial charge on any atom is -0.392 e. The van der Waals surface area contributed by atoms with Gasteiger partial charge in [0.05, 0.1) is 12.0 Å². The highest BCUT2D eigenvalue weighted by atomic mass is 19.3. The molecule has 82 valence electrons. The molecule has 1 aliphatic rings. The number of aliphatic hydroxyl groups excluding tert-OH is 1. The molecule has 0 aromatic heterocycles. The molecule has 1 heterocycles. The van der Waals surface area contributed by atoms with Crippen LogP contribution in [0.15, 0.2) is 12.7 Å². The Morgan fingerprint density at radius 2 is 2.21 bits per heavy atom. The van der Waals surface area contributed by atoms with E-state index in [0.29, 0.717) is 13.1 Å². The summed E-state index contributed by atoms with van der Waals surface area (Å²) in [6, 6.07) is 0. The highest BCUT2D eigenvalue weighted by Crippen LogP contribution is 2.26. The van der Waals surface area contributed by atoms with Gasteiger partial charge in [-0.1, -0.05) is 13.0 Å². The minimum absolute atomic E-state index is 0.0947. The summed E-state index contributed by atoms with van der Waals surface area (Å²) in [5.74, 6) is -1.01. The van der Waals surface area contributed by atoms with Crippen LogP contribution in [0.5, 0.6) is 0 Å². The van der Waals surface area contributed by atoms with Gasteiger partial charge in [0.15, 0.2) is 0 Å². The van der Waals surface area contributed by atoms with E-state index in [2.05, 4.69) is 6.58 Å². The number of hydrogen-bond donors (Lipinski definition) is 1. The second-order valence-corrected chi connectivity index (χ2v) is 3.97. The fraction of sp³-hybridized carbons (Fsp3) is 0.800. The minimum atomic E-state index is -2.44. The number of hydrogen-bond acceptors (Lipinski definition) is 2. The molecule has 1 saturated heterocycles. The molecular formula is C10H17F2NO. The van der Waals surface area contributed by atoms with Gasteiger partial charge in [0, 0.05) is 19.6 Å². The summed E-state index contributed by atoms with van der Waals surface area (Å²) < 4.78 is 25.1. The summed E-state index contributed by atoms with van der Waals surface area (Å²) in [6.45, 7) is 6.91. The van der Waals surface area contributed by atoms with Gasteiger partial charge in [-0.2, -0.15) is 0 Å². The summed E-state index contributed by atoms with van der Waals surface area (Å²) in [5.41, 5.74) is 0. The number of alkyl halides is 2. The fourth-order valence-electron chi connectivity index (χ4n) is 1.98. The Morgan fingerprint density at radius 1 is 1.57 bits per heavy atom. The Morgan fingerprint density at radius 3 is 2.71 bits per heavy atom. The maximum Gasteiger partial charge on any atom is 0.245 e. The monoisotopic (exact) mass is 205 g/mol. The Balaban J connectivity index is 2.61. The second-order valence-electron chi connectivity index (χ2n) is 3.97. The SMILES string of the molecule is C=CCN1CC(C)[C@H](O)[C@@H](C(F)F)C1. The molecule has 14 heavy (non-hydrogen) atoms. The Kier molecular flexibility index (Phi) is 4.01. The van der Waals surface area contributed by atoms with E-state index in [1.54, 1.807) is 13.0 Å². The van der Waals surface area contributed by atoms with Crippen LogP contribution in [-0.4, -0.2) is 42.2 Å². The molecule has 3 atom stereocenters. The third kappa shape index (κ3) is 2.51. The lowest BCUT2D eigenvalue weighted by Crippen LogP contribution is -2.50. The van der Waals surface area contributed by atoms with Crippen LogP contribution < -0.4 is 0 Å². The van der Waals surface area contributed by atoms with Crippen LogP contribution in [0.3, 0.4) is 0 Å². The van der Waals surface area contributed by atoms with Crippen LogP contribution in [-0.2, 0) is 0 Å². The van der Waals surface area contributed by atoms with Crippen LogP contribution in [0.2, 0.25) is 0 Å². The molecule has 0 bridgehead atoms. The molecule has 1 fully saturated rings. The van der Waals surface area contributed by atoms with Gasteiger partial charge in [0.2, 0.25) is 6.43 Å². The van der Waals surface area contributed by atoms with Crippen molar-refractivity contribution < 1.29 is 13.9 Å². The van der Waals surface area contributed by atoms with Crippen LogP contribution >= 0.6 is 0 Å². The summed E-state index contributed by atoms with van der Waals surface area (Å²) in [4.78, 5) is 1.90. The average Bonchev–Trinajstić information content (AvgIpc) is 2.11. The molecule has 1 unspecified atom stereocenters. The zero-order valence-corrected chi connectivity index (χ0v) is 8.37. The lowest BCUT2D eigenvalue weighted by atomic mass is 9.87. The number of piperidine rings is 1. The number of rotatable bonds is 3. The molecule has 0 aliphatic carbocycles. The molecule has 1 aliphatic heterocycles. The Labute approximate surface area is 83.2 Å². The van der Waals surface area contributed by atoms with Gasteiger partial charge < -0.3 is 5.11 Å². The molecule has 0 amide bonds. The van der Waals surface area contributed by atoms with Crippen LogP contribution in [0.25, 0.3) is 0 Å². The third-order valence-electron chi connectivity index (χ3n) is 2.75. The molecule has 2 nitrogen and oxygen atoms in total. The molecule has 0 radical (unpaired) electrons. The van der Waals surface area contributed by atoms with Crippen LogP contribution in [0, 0.1) is 11.8 Å². The van der Waals surface area contributed by atoms with Crippen molar-refractivity contribution in [3.8, 4) is 0 Å². The second kappa shape index (κ2) is 4.84. The highest BCUT2D eigenvalue weighted by Gasteiger charge is 2.37. The van der Waals surface area contributed by atoms with Crippen molar-refractivity contribution in [3.05, 3.63) is 12.7 Å². The van der Waals surface area contributed by atoms with Crippen molar-refractivity contribution in [3.63, 3.8) is 0 Å². The lowest BCUT2D eigenvalue weighted by Gasteiger charge is -2.39. The van der Waals surface area contributed by atoms with Gasteiger partial charge in [-0.3, -0.25) is 4.90 Å². The van der Waals surface area contributed by atoms with Gasteiger partial charge in [0.25, 0.3) is 0 Å². The molecular weight excluding hydrogens is 188 g/mol. The van der Waals surface area contributed by atoms with Crippen molar-refractivity contribution in [2.75, 3.05) is 19.6 Å². The summed E-state index contributed by atoms with van der Waals surface area (Å²) in [5, 5.41) is 9.56. The van der Waals surface area contributed by atoms with E-state index in [-0.39, 0.29) is 12.5 Å². The van der Waals surface area contributed by atoms with E-state index >= 15 is 0 Å². The zero-order valence-electron chi connectivity index (χ0n) is 8.37. The van der Waals surface area contributed by atoms with E-state index in [4.69, 9.17) is 0 Å². The lowest BCUT2D eigenvalue weighted by molar-refractivity contribution is -0.0776. The standard InChI is InChI=1S/C10H17F2NO/c1-3-4-13-5-7(2)9(14)8(6-13)10(11)12/h3,7-10,14H,1,4-6H2,2H3/t7?,8-,9-/m0/s1. The van der Waals surface area contributed by atoms with E-state index in [0.717, 1.165) is 0 Å². The summed E-state index contributed by atoms with van der Waals surface area (Å²) >= 11 is 0. The molecule has 0 aromatic carbocycles. The normalized spacial score (nSPS) is 34.8. The molecule has 0 aromatic rings. The smallest absolute Gasteiger partial charge is 0.245 e. The average molecular weight is 205 g/mol. The summed E-state index contributed by atoms with van der Waals surface area (Å²) in [7, 11) is 0. The maximum atomic E-state index is 12.5. The van der Waals surface area contributed by atoms with Crippen LogP contribution in [0.1, 0.15) is 6.92 Å². The first-order valence-corrected chi connectivity index (χ1v) is 4.85. The predicted octanol–water partition coefficient (Wildman–Crippen LogP) is 1.37. The Bertz CT molecular complexity index is 199. The van der Waals surface area contributed by atoms with Crippen molar-refractivity contribution in [2.24, 2.45) is 11.8 Å². The van der Waals surface area contributed by atoms with Gasteiger partial charge in [-0.15, -0.1) is 6.58 Å². The first-order valence-electron chi connectivity index (χ1n) is 4.85. The fourth-order valence-corrected chi connectivity index (χ4v) is 1.98.